The van der Waals surface area contributed by atoms with Crippen LogP contribution in [0.15, 0.2) is 18.2 Å². The molecule has 1 aromatic rings. The number of phenols is 1. The fraction of sp³-hybridized carbons (Fsp3) is 0.600. The van der Waals surface area contributed by atoms with E-state index >= 15 is 0 Å². The molecule has 3 N–H and O–H groups in total. The molecule has 0 saturated heterocycles. The van der Waals surface area contributed by atoms with Gasteiger partial charge in [0.1, 0.15) is 5.75 Å². The summed E-state index contributed by atoms with van der Waals surface area (Å²) < 4.78 is 0. The molecule has 1 aliphatic carbocycles. The normalized spacial score (nSPS) is 23.2. The maximum absolute atomic E-state index is 9.97. The van der Waals surface area contributed by atoms with Crippen LogP contribution in [-0.4, -0.2) is 29.1 Å². The molecule has 0 aliphatic heterocycles. The van der Waals surface area contributed by atoms with Crippen LogP contribution < -0.4 is 5.73 Å². The van der Waals surface area contributed by atoms with Gasteiger partial charge in [0.15, 0.2) is 0 Å². The molecular formula is C15H23ClN2O. The fourth-order valence-electron chi connectivity index (χ4n) is 3.14. The molecule has 1 fully saturated rings. The van der Waals surface area contributed by atoms with E-state index in [4.69, 9.17) is 17.3 Å². The third-order valence-corrected chi connectivity index (χ3v) is 4.61. The molecule has 1 aromatic carbocycles. The van der Waals surface area contributed by atoms with E-state index in [1.54, 1.807) is 12.1 Å². The predicted octanol–water partition coefficient (Wildman–Crippen LogP) is 2.99. The second-order valence-corrected chi connectivity index (χ2v) is 5.70. The Hall–Kier alpha value is -0.770. The number of phenolic OH excluding ortho intramolecular Hbond substituents is 1. The van der Waals surface area contributed by atoms with Gasteiger partial charge in [0.25, 0.3) is 0 Å². The summed E-state index contributed by atoms with van der Waals surface area (Å²) in [6, 6.07) is 5.82. The summed E-state index contributed by atoms with van der Waals surface area (Å²) in [7, 11) is 0. The van der Waals surface area contributed by atoms with E-state index in [0.29, 0.717) is 23.5 Å². The summed E-state index contributed by atoms with van der Waals surface area (Å²) in [6.45, 7) is 4.55. The Bertz CT molecular complexity index is 404. The SMILES string of the molecule is CCN(Cc1c(O)cccc1Cl)C1CCCC1CN. The van der Waals surface area contributed by atoms with Gasteiger partial charge in [-0.2, -0.15) is 0 Å². The van der Waals surface area contributed by atoms with Crippen LogP contribution in [0.5, 0.6) is 5.75 Å². The van der Waals surface area contributed by atoms with Crippen LogP contribution in [0.3, 0.4) is 0 Å². The molecule has 0 heterocycles. The van der Waals surface area contributed by atoms with Gasteiger partial charge in [-0.1, -0.05) is 31.0 Å². The van der Waals surface area contributed by atoms with Gasteiger partial charge in [-0.3, -0.25) is 4.90 Å². The number of benzene rings is 1. The largest absolute Gasteiger partial charge is 0.508 e. The molecule has 0 radical (unpaired) electrons. The van der Waals surface area contributed by atoms with Crippen LogP contribution in [0.1, 0.15) is 31.7 Å². The Labute approximate surface area is 120 Å². The highest BCUT2D eigenvalue weighted by molar-refractivity contribution is 6.31. The van der Waals surface area contributed by atoms with Gasteiger partial charge in [-0.05, 0) is 44.0 Å². The van der Waals surface area contributed by atoms with Gasteiger partial charge in [-0.15, -0.1) is 0 Å². The number of nitrogens with two attached hydrogens (primary N) is 1. The summed E-state index contributed by atoms with van der Waals surface area (Å²) in [5.41, 5.74) is 6.70. The van der Waals surface area contributed by atoms with Crippen molar-refractivity contribution in [1.29, 1.82) is 0 Å². The highest BCUT2D eigenvalue weighted by Crippen LogP contribution is 2.33. The van der Waals surface area contributed by atoms with Crippen LogP contribution in [0.2, 0.25) is 5.02 Å². The quantitative estimate of drug-likeness (QED) is 0.873. The Morgan fingerprint density at radius 1 is 1.42 bits per heavy atom. The molecule has 2 unspecified atom stereocenters. The summed E-state index contributed by atoms with van der Waals surface area (Å²) in [6.07, 6.45) is 3.66. The smallest absolute Gasteiger partial charge is 0.121 e. The highest BCUT2D eigenvalue weighted by Gasteiger charge is 2.30. The van der Waals surface area contributed by atoms with Crippen LogP contribution in [0, 0.1) is 5.92 Å². The van der Waals surface area contributed by atoms with E-state index in [1.807, 2.05) is 6.07 Å². The first-order chi connectivity index (χ1) is 9.17. The van der Waals surface area contributed by atoms with Crippen molar-refractivity contribution in [3.8, 4) is 5.75 Å². The van der Waals surface area contributed by atoms with E-state index in [0.717, 1.165) is 18.7 Å². The zero-order valence-corrected chi connectivity index (χ0v) is 12.2. The molecule has 0 bridgehead atoms. The summed E-state index contributed by atoms with van der Waals surface area (Å²) in [4.78, 5) is 2.39. The fourth-order valence-corrected chi connectivity index (χ4v) is 3.37. The molecule has 19 heavy (non-hydrogen) atoms. The van der Waals surface area contributed by atoms with Gasteiger partial charge in [0.2, 0.25) is 0 Å². The van der Waals surface area contributed by atoms with Crippen molar-refractivity contribution in [2.75, 3.05) is 13.1 Å². The maximum Gasteiger partial charge on any atom is 0.121 e. The van der Waals surface area contributed by atoms with Crippen molar-refractivity contribution in [3.05, 3.63) is 28.8 Å². The molecular weight excluding hydrogens is 260 g/mol. The molecule has 106 valence electrons. The molecule has 2 rings (SSSR count). The molecule has 0 aromatic heterocycles. The minimum atomic E-state index is 0.285. The number of hydrogen-bond acceptors (Lipinski definition) is 3. The third kappa shape index (κ3) is 3.22. The third-order valence-electron chi connectivity index (χ3n) is 4.25. The Morgan fingerprint density at radius 2 is 2.21 bits per heavy atom. The minimum absolute atomic E-state index is 0.285. The van der Waals surface area contributed by atoms with Crippen molar-refractivity contribution in [1.82, 2.24) is 4.90 Å². The lowest BCUT2D eigenvalue weighted by Crippen LogP contribution is -2.39. The van der Waals surface area contributed by atoms with Crippen LogP contribution in [0.4, 0.5) is 0 Å². The van der Waals surface area contributed by atoms with Gasteiger partial charge < -0.3 is 10.8 Å². The minimum Gasteiger partial charge on any atom is -0.508 e. The van der Waals surface area contributed by atoms with Crippen molar-refractivity contribution < 1.29 is 5.11 Å². The lowest BCUT2D eigenvalue weighted by Gasteiger charge is -2.32. The second kappa shape index (κ2) is 6.60. The van der Waals surface area contributed by atoms with E-state index in [1.165, 1.54) is 19.3 Å². The molecule has 3 nitrogen and oxygen atoms in total. The molecule has 0 spiro atoms. The van der Waals surface area contributed by atoms with Crippen molar-refractivity contribution >= 4 is 11.6 Å². The number of nitrogens with zero attached hydrogens (tertiary/aromatic N) is 1. The summed E-state index contributed by atoms with van der Waals surface area (Å²) in [5, 5.41) is 10.6. The molecule has 0 amide bonds. The van der Waals surface area contributed by atoms with Gasteiger partial charge >= 0.3 is 0 Å². The second-order valence-electron chi connectivity index (χ2n) is 5.29. The molecule has 1 saturated carbocycles. The number of hydrogen-bond donors (Lipinski definition) is 2. The Kier molecular flexibility index (Phi) is 5.08. The zero-order chi connectivity index (χ0) is 13.8. The first-order valence-electron chi connectivity index (χ1n) is 7.07. The lowest BCUT2D eigenvalue weighted by atomic mass is 10.0. The number of halogens is 1. The van der Waals surface area contributed by atoms with Crippen molar-refractivity contribution in [2.24, 2.45) is 11.7 Å². The first kappa shape index (κ1) is 14.6. The number of aromatic hydroxyl groups is 1. The van der Waals surface area contributed by atoms with Crippen molar-refractivity contribution in [3.63, 3.8) is 0 Å². The average Bonchev–Trinajstić information content (AvgIpc) is 2.87. The van der Waals surface area contributed by atoms with Crippen molar-refractivity contribution in [2.45, 2.75) is 38.8 Å². The van der Waals surface area contributed by atoms with E-state index in [9.17, 15) is 5.11 Å². The Balaban J connectivity index is 2.15. The standard InChI is InChI=1S/C15H23ClN2O/c1-2-18(14-7-3-5-11(14)9-17)10-12-13(16)6-4-8-15(12)19/h4,6,8,11,14,19H,2-3,5,7,9-10,17H2,1H3. The molecule has 4 heteroatoms. The zero-order valence-electron chi connectivity index (χ0n) is 11.5. The lowest BCUT2D eigenvalue weighted by molar-refractivity contribution is 0.161. The van der Waals surface area contributed by atoms with Gasteiger partial charge in [-0.25, -0.2) is 0 Å². The van der Waals surface area contributed by atoms with Crippen LogP contribution >= 0.6 is 11.6 Å². The Morgan fingerprint density at radius 3 is 2.84 bits per heavy atom. The van der Waals surface area contributed by atoms with Gasteiger partial charge in [0, 0.05) is 23.2 Å². The van der Waals surface area contributed by atoms with E-state index in [-0.39, 0.29) is 5.75 Å². The average molecular weight is 283 g/mol. The van der Waals surface area contributed by atoms with Crippen LogP contribution in [-0.2, 0) is 6.54 Å². The van der Waals surface area contributed by atoms with Gasteiger partial charge in [0.05, 0.1) is 0 Å². The maximum atomic E-state index is 9.97. The molecule has 1 aliphatic rings. The summed E-state index contributed by atoms with van der Waals surface area (Å²) >= 11 is 6.20. The monoisotopic (exact) mass is 282 g/mol. The number of rotatable bonds is 5. The predicted molar refractivity (Wildman–Crippen MR) is 79.4 cm³/mol. The van der Waals surface area contributed by atoms with E-state index < -0.39 is 0 Å². The summed E-state index contributed by atoms with van der Waals surface area (Å²) in [5.74, 6) is 0.859. The first-order valence-corrected chi connectivity index (χ1v) is 7.45. The molecule has 2 atom stereocenters. The topological polar surface area (TPSA) is 49.5 Å². The highest BCUT2D eigenvalue weighted by atomic mass is 35.5. The van der Waals surface area contributed by atoms with Crippen LogP contribution in [0.25, 0.3) is 0 Å². The van der Waals surface area contributed by atoms with E-state index in [2.05, 4.69) is 11.8 Å².